The Kier molecular flexibility index (Phi) is 2.30. The van der Waals surface area contributed by atoms with E-state index in [0.717, 1.165) is 0 Å². The normalized spacial score (nSPS) is 10.7. The Morgan fingerprint density at radius 1 is 1.06 bits per heavy atom. The zero-order chi connectivity index (χ0) is 12.5. The SMILES string of the molecule is O=C(c1ccc2n[nH]nc2c1)c1ccccc1O. The number of hydrogen-bond donors (Lipinski definition) is 2. The van der Waals surface area contributed by atoms with Crippen LogP contribution in [0, 0.1) is 0 Å². The summed E-state index contributed by atoms with van der Waals surface area (Å²) < 4.78 is 0. The Balaban J connectivity index is 2.09. The number of carbonyl (C=O) groups is 1. The van der Waals surface area contributed by atoms with Gasteiger partial charge < -0.3 is 5.11 Å². The fourth-order valence-corrected chi connectivity index (χ4v) is 1.80. The lowest BCUT2D eigenvalue weighted by Gasteiger charge is -2.03. The van der Waals surface area contributed by atoms with E-state index in [1.807, 2.05) is 0 Å². The van der Waals surface area contributed by atoms with Gasteiger partial charge in [-0.05, 0) is 30.3 Å². The van der Waals surface area contributed by atoms with Crippen LogP contribution in [-0.2, 0) is 0 Å². The Labute approximate surface area is 102 Å². The highest BCUT2D eigenvalue weighted by atomic mass is 16.3. The number of hydrogen-bond acceptors (Lipinski definition) is 4. The zero-order valence-corrected chi connectivity index (χ0v) is 9.29. The van der Waals surface area contributed by atoms with Gasteiger partial charge in [-0.2, -0.15) is 15.4 Å². The Morgan fingerprint density at radius 3 is 2.67 bits per heavy atom. The van der Waals surface area contributed by atoms with Crippen LogP contribution in [0.4, 0.5) is 0 Å². The van der Waals surface area contributed by atoms with Gasteiger partial charge in [0.25, 0.3) is 0 Å². The number of phenols is 1. The van der Waals surface area contributed by atoms with Gasteiger partial charge in [0.2, 0.25) is 0 Å². The van der Waals surface area contributed by atoms with E-state index in [-0.39, 0.29) is 17.1 Å². The summed E-state index contributed by atoms with van der Waals surface area (Å²) in [6, 6.07) is 11.5. The third-order valence-electron chi connectivity index (χ3n) is 2.73. The number of rotatable bonds is 2. The lowest BCUT2D eigenvalue weighted by Crippen LogP contribution is -2.01. The van der Waals surface area contributed by atoms with Crippen LogP contribution >= 0.6 is 0 Å². The summed E-state index contributed by atoms with van der Waals surface area (Å²) in [4.78, 5) is 12.2. The van der Waals surface area contributed by atoms with Crippen molar-refractivity contribution >= 4 is 16.8 Å². The molecule has 0 fully saturated rings. The fraction of sp³-hybridized carbons (Fsp3) is 0. The van der Waals surface area contributed by atoms with E-state index in [0.29, 0.717) is 16.6 Å². The topological polar surface area (TPSA) is 78.9 Å². The molecule has 5 heteroatoms. The Morgan fingerprint density at radius 2 is 1.83 bits per heavy atom. The third-order valence-corrected chi connectivity index (χ3v) is 2.73. The second kappa shape index (κ2) is 3.96. The van der Waals surface area contributed by atoms with Crippen LogP contribution in [0.25, 0.3) is 11.0 Å². The van der Waals surface area contributed by atoms with E-state index in [1.54, 1.807) is 36.4 Å². The van der Waals surface area contributed by atoms with Gasteiger partial charge in [-0.25, -0.2) is 0 Å². The van der Waals surface area contributed by atoms with Crippen LogP contribution in [-0.4, -0.2) is 26.3 Å². The van der Waals surface area contributed by atoms with E-state index < -0.39 is 0 Å². The number of aromatic amines is 1. The molecule has 0 saturated carbocycles. The van der Waals surface area contributed by atoms with Gasteiger partial charge in [-0.1, -0.05) is 12.1 Å². The summed E-state index contributed by atoms with van der Waals surface area (Å²) >= 11 is 0. The van der Waals surface area contributed by atoms with Gasteiger partial charge >= 0.3 is 0 Å². The monoisotopic (exact) mass is 239 g/mol. The van der Waals surface area contributed by atoms with E-state index in [2.05, 4.69) is 15.4 Å². The molecule has 3 aromatic rings. The number of H-pyrrole nitrogens is 1. The van der Waals surface area contributed by atoms with Gasteiger partial charge in [-0.15, -0.1) is 0 Å². The first-order valence-electron chi connectivity index (χ1n) is 5.39. The Hall–Kier alpha value is -2.69. The quantitative estimate of drug-likeness (QED) is 0.669. The molecular formula is C13H9N3O2. The van der Waals surface area contributed by atoms with Crippen molar-refractivity contribution in [1.82, 2.24) is 15.4 Å². The van der Waals surface area contributed by atoms with Crippen LogP contribution in [0.5, 0.6) is 5.75 Å². The minimum atomic E-state index is -0.238. The summed E-state index contributed by atoms with van der Waals surface area (Å²) in [7, 11) is 0. The molecule has 0 unspecified atom stereocenters. The summed E-state index contributed by atoms with van der Waals surface area (Å²) in [6.45, 7) is 0. The number of aromatic hydroxyl groups is 1. The maximum Gasteiger partial charge on any atom is 0.196 e. The second-order valence-electron chi connectivity index (χ2n) is 3.87. The van der Waals surface area contributed by atoms with Crippen molar-refractivity contribution in [3.63, 3.8) is 0 Å². The van der Waals surface area contributed by atoms with Crippen molar-refractivity contribution in [2.75, 3.05) is 0 Å². The highest BCUT2D eigenvalue weighted by molar-refractivity contribution is 6.11. The highest BCUT2D eigenvalue weighted by Crippen LogP contribution is 2.21. The van der Waals surface area contributed by atoms with Crippen molar-refractivity contribution in [2.24, 2.45) is 0 Å². The summed E-state index contributed by atoms with van der Waals surface area (Å²) in [5.74, 6) is -0.263. The molecule has 88 valence electrons. The van der Waals surface area contributed by atoms with Crippen molar-refractivity contribution in [3.8, 4) is 5.75 Å². The number of nitrogens with zero attached hydrogens (tertiary/aromatic N) is 2. The Bertz CT molecular complexity index is 734. The number of benzene rings is 2. The van der Waals surface area contributed by atoms with Crippen LogP contribution in [0.15, 0.2) is 42.5 Å². The van der Waals surface area contributed by atoms with Crippen molar-refractivity contribution in [3.05, 3.63) is 53.6 Å². The standard InChI is InChI=1S/C13H9N3O2/c17-12-4-2-1-3-9(12)13(18)8-5-6-10-11(7-8)15-16-14-10/h1-7,17H,(H,14,15,16). The van der Waals surface area contributed by atoms with Gasteiger partial charge in [-0.3, -0.25) is 4.79 Å². The molecule has 0 aliphatic rings. The lowest BCUT2D eigenvalue weighted by molar-refractivity contribution is 0.103. The fourth-order valence-electron chi connectivity index (χ4n) is 1.80. The van der Waals surface area contributed by atoms with Crippen LogP contribution in [0.3, 0.4) is 0 Å². The van der Waals surface area contributed by atoms with Crippen molar-refractivity contribution in [2.45, 2.75) is 0 Å². The van der Waals surface area contributed by atoms with Crippen molar-refractivity contribution < 1.29 is 9.90 Å². The molecular weight excluding hydrogens is 230 g/mol. The molecule has 0 atom stereocenters. The molecule has 5 nitrogen and oxygen atoms in total. The first kappa shape index (κ1) is 10.5. The second-order valence-corrected chi connectivity index (χ2v) is 3.87. The third kappa shape index (κ3) is 1.62. The summed E-state index contributed by atoms with van der Waals surface area (Å²) in [5.41, 5.74) is 2.07. The number of aromatic nitrogens is 3. The molecule has 0 saturated heterocycles. The van der Waals surface area contributed by atoms with E-state index in [4.69, 9.17) is 0 Å². The van der Waals surface area contributed by atoms with Crippen molar-refractivity contribution in [1.29, 1.82) is 0 Å². The average molecular weight is 239 g/mol. The van der Waals surface area contributed by atoms with E-state index in [1.165, 1.54) is 6.07 Å². The van der Waals surface area contributed by atoms with Gasteiger partial charge in [0.15, 0.2) is 5.78 Å². The number of para-hydroxylation sites is 1. The highest BCUT2D eigenvalue weighted by Gasteiger charge is 2.13. The summed E-state index contributed by atoms with van der Waals surface area (Å²) in [6.07, 6.45) is 0. The number of nitrogens with one attached hydrogen (secondary N) is 1. The van der Waals surface area contributed by atoms with Gasteiger partial charge in [0.05, 0.1) is 5.56 Å². The van der Waals surface area contributed by atoms with Crippen LogP contribution < -0.4 is 0 Å². The molecule has 2 N–H and O–H groups in total. The van der Waals surface area contributed by atoms with Crippen LogP contribution in [0.1, 0.15) is 15.9 Å². The molecule has 1 aromatic heterocycles. The molecule has 0 bridgehead atoms. The number of phenolic OH excluding ortho intramolecular Hbond substituents is 1. The molecule has 1 heterocycles. The maximum atomic E-state index is 12.2. The zero-order valence-electron chi connectivity index (χ0n) is 9.29. The number of fused-ring (bicyclic) bond motifs is 1. The predicted molar refractivity (Wildman–Crippen MR) is 65.4 cm³/mol. The van der Waals surface area contributed by atoms with Gasteiger partial charge in [0.1, 0.15) is 16.8 Å². The smallest absolute Gasteiger partial charge is 0.196 e. The number of ketones is 1. The van der Waals surface area contributed by atoms with E-state index in [9.17, 15) is 9.90 Å². The largest absolute Gasteiger partial charge is 0.507 e. The maximum absolute atomic E-state index is 12.2. The molecule has 0 amide bonds. The van der Waals surface area contributed by atoms with Gasteiger partial charge in [0, 0.05) is 5.56 Å². The van der Waals surface area contributed by atoms with E-state index >= 15 is 0 Å². The molecule has 0 aliphatic heterocycles. The minimum Gasteiger partial charge on any atom is -0.507 e. The molecule has 3 rings (SSSR count). The molecule has 0 radical (unpaired) electrons. The van der Waals surface area contributed by atoms with Crippen LogP contribution in [0.2, 0.25) is 0 Å². The predicted octanol–water partition coefficient (Wildman–Crippen LogP) is 1.89. The summed E-state index contributed by atoms with van der Waals surface area (Å²) in [5, 5.41) is 20.0. The number of carbonyl (C=O) groups excluding carboxylic acids is 1. The average Bonchev–Trinajstić information content (AvgIpc) is 2.85. The molecule has 18 heavy (non-hydrogen) atoms. The minimum absolute atomic E-state index is 0.0252. The lowest BCUT2D eigenvalue weighted by atomic mass is 10.0. The first-order chi connectivity index (χ1) is 8.75. The molecule has 0 spiro atoms. The first-order valence-corrected chi connectivity index (χ1v) is 5.39. The molecule has 2 aromatic carbocycles. The molecule has 0 aliphatic carbocycles.